The summed E-state index contributed by atoms with van der Waals surface area (Å²) in [6.45, 7) is 0. The van der Waals surface area contributed by atoms with Crippen molar-refractivity contribution in [1.29, 1.82) is 0 Å². The third-order valence-electron chi connectivity index (χ3n) is 5.34. The molecule has 0 N–H and O–H groups in total. The third-order valence-corrected chi connectivity index (χ3v) is 25.2. The van der Waals surface area contributed by atoms with Gasteiger partial charge in [-0.2, -0.15) is 0 Å². The molecule has 0 nitrogen and oxygen atoms in total. The van der Waals surface area contributed by atoms with Crippen LogP contribution in [-0.2, 0) is 0 Å². The largest absolute Gasteiger partial charge is 0.0622 e. The predicted octanol–water partition coefficient (Wildman–Crippen LogP) is 6.97. The van der Waals surface area contributed by atoms with Gasteiger partial charge in [0.1, 0.15) is 0 Å². The van der Waals surface area contributed by atoms with E-state index in [0.717, 1.165) is 0 Å². The smallest absolute Gasteiger partial charge is 0.00436 e. The maximum absolute atomic E-state index is 2.39. The molecule has 148 valence electrons. The van der Waals surface area contributed by atoms with E-state index in [-0.39, 0.29) is 30.4 Å². The minimum absolute atomic E-state index is 0.177. The van der Waals surface area contributed by atoms with E-state index in [2.05, 4.69) is 121 Å². The summed E-state index contributed by atoms with van der Waals surface area (Å²) in [6.07, 6.45) is 0. The lowest BCUT2D eigenvalue weighted by molar-refractivity contribution is 1.75. The molecule has 5 rings (SSSR count). The molecule has 4 unspecified atom stereocenters. The highest BCUT2D eigenvalue weighted by atomic mass is 32.1. The van der Waals surface area contributed by atoms with E-state index < -0.39 is 0 Å². The van der Waals surface area contributed by atoms with Gasteiger partial charge in [-0.1, -0.05) is 121 Å². The van der Waals surface area contributed by atoms with Gasteiger partial charge in [0.2, 0.25) is 0 Å². The Hall–Kier alpha value is -1.40. The summed E-state index contributed by atoms with van der Waals surface area (Å²) in [5, 5.41) is 6.37. The second kappa shape index (κ2) is 9.82. The Morgan fingerprint density at radius 2 is 0.500 bits per heavy atom. The second-order valence-corrected chi connectivity index (χ2v) is 20.5. The maximum atomic E-state index is 2.39. The van der Waals surface area contributed by atoms with Crippen LogP contribution in [0.1, 0.15) is 0 Å². The van der Waals surface area contributed by atoms with Gasteiger partial charge in [0.25, 0.3) is 0 Å². The van der Waals surface area contributed by atoms with Crippen molar-refractivity contribution < 1.29 is 0 Å². The minimum atomic E-state index is -0.177. The monoisotopic (exact) mass is 460 g/mol. The Morgan fingerprint density at radius 3 is 0.700 bits per heavy atom. The van der Waals surface area contributed by atoms with E-state index in [9.17, 15) is 0 Å². The Balaban J connectivity index is 1.61. The summed E-state index contributed by atoms with van der Waals surface area (Å²) in [5.41, 5.74) is 0. The number of hydrogen-bond donors (Lipinski definition) is 0. The van der Waals surface area contributed by atoms with Crippen molar-refractivity contribution in [3.8, 4) is 0 Å². The summed E-state index contributed by atoms with van der Waals surface area (Å²) in [4.78, 5) is 0. The highest BCUT2D eigenvalue weighted by Gasteiger charge is 2.39. The molecular weight excluding hydrogens is 436 g/mol. The molecule has 0 radical (unpaired) electrons. The van der Waals surface area contributed by atoms with Gasteiger partial charge in [0.05, 0.1) is 0 Å². The fraction of sp³-hybridized carbons (Fsp3) is 0.0769. The minimum Gasteiger partial charge on any atom is -0.0622 e. The Morgan fingerprint density at radius 1 is 0.300 bits per heavy atom. The standard InChI is InChI=1S/C26H24P4/c1-5-13-23(14-6-1)27-21-29(25-17-9-3-10-18-25)30(26-19-11-4-12-20-26)22-28(27)24-15-7-2-8-16-24/h1-20H,21-22H2. The molecule has 1 aliphatic rings. The first-order valence-electron chi connectivity index (χ1n) is 10.2. The highest BCUT2D eigenvalue weighted by Crippen LogP contribution is 2.87. The molecule has 30 heavy (non-hydrogen) atoms. The summed E-state index contributed by atoms with van der Waals surface area (Å²) in [5.74, 6) is 2.72. The molecule has 4 atom stereocenters. The average Bonchev–Trinajstić information content (AvgIpc) is 2.85. The van der Waals surface area contributed by atoms with Gasteiger partial charge in [0, 0.05) is 11.8 Å². The van der Waals surface area contributed by atoms with Crippen LogP contribution < -0.4 is 21.2 Å². The molecule has 0 spiro atoms. The van der Waals surface area contributed by atoms with Crippen molar-refractivity contribution in [3.63, 3.8) is 0 Å². The van der Waals surface area contributed by atoms with E-state index in [1.165, 1.54) is 11.8 Å². The fourth-order valence-corrected chi connectivity index (χ4v) is 30.9. The molecule has 4 aromatic rings. The van der Waals surface area contributed by atoms with E-state index in [0.29, 0.717) is 0 Å². The molecule has 0 aromatic heterocycles. The van der Waals surface area contributed by atoms with Crippen LogP contribution in [0.4, 0.5) is 0 Å². The quantitative estimate of drug-likeness (QED) is 0.289. The second-order valence-electron chi connectivity index (χ2n) is 7.22. The van der Waals surface area contributed by atoms with Crippen molar-refractivity contribution in [3.05, 3.63) is 121 Å². The zero-order valence-corrected chi connectivity index (χ0v) is 20.3. The molecule has 0 bridgehead atoms. The average molecular weight is 460 g/mol. The van der Waals surface area contributed by atoms with Gasteiger partial charge in [0.15, 0.2) is 0 Å². The van der Waals surface area contributed by atoms with Crippen molar-refractivity contribution in [2.45, 2.75) is 0 Å². The van der Waals surface area contributed by atoms with Crippen molar-refractivity contribution in [1.82, 2.24) is 0 Å². The number of benzene rings is 4. The van der Waals surface area contributed by atoms with Gasteiger partial charge in [-0.15, -0.1) is 0 Å². The zero-order valence-electron chi connectivity index (χ0n) is 16.8. The lowest BCUT2D eigenvalue weighted by Crippen LogP contribution is -2.18. The van der Waals surface area contributed by atoms with E-state index in [1.807, 2.05) is 0 Å². The normalized spacial score (nSPS) is 23.7. The van der Waals surface area contributed by atoms with Crippen LogP contribution in [0.15, 0.2) is 121 Å². The lowest BCUT2D eigenvalue weighted by Gasteiger charge is -2.43. The summed E-state index contributed by atoms with van der Waals surface area (Å²) >= 11 is 0. The van der Waals surface area contributed by atoms with Crippen LogP contribution in [0, 0.1) is 0 Å². The first kappa shape index (κ1) is 20.5. The van der Waals surface area contributed by atoms with Crippen molar-refractivity contribution >= 4 is 51.7 Å². The van der Waals surface area contributed by atoms with Crippen molar-refractivity contribution in [2.24, 2.45) is 0 Å². The summed E-state index contributed by atoms with van der Waals surface area (Å²) in [6, 6.07) is 45.6. The van der Waals surface area contributed by atoms with Gasteiger partial charge in [-0.25, -0.2) is 0 Å². The maximum Gasteiger partial charge on any atom is 0.00436 e. The molecule has 0 amide bonds. The molecule has 0 saturated carbocycles. The van der Waals surface area contributed by atoms with Gasteiger partial charge in [-0.05, 0) is 51.7 Å². The predicted molar refractivity (Wildman–Crippen MR) is 142 cm³/mol. The summed E-state index contributed by atoms with van der Waals surface area (Å²) < 4.78 is 0. The van der Waals surface area contributed by atoms with Crippen LogP contribution in [-0.4, -0.2) is 11.8 Å². The van der Waals surface area contributed by atoms with E-state index in [4.69, 9.17) is 0 Å². The molecule has 4 heteroatoms. The van der Waals surface area contributed by atoms with Crippen LogP contribution in [0.2, 0.25) is 0 Å². The molecule has 1 heterocycles. The van der Waals surface area contributed by atoms with E-state index >= 15 is 0 Å². The molecule has 1 fully saturated rings. The number of rotatable bonds is 4. The first-order chi connectivity index (χ1) is 14.9. The third kappa shape index (κ3) is 4.45. The molecular formula is C26H24P4. The highest BCUT2D eigenvalue weighted by molar-refractivity contribution is 8.51. The Labute approximate surface area is 184 Å². The van der Waals surface area contributed by atoms with Gasteiger partial charge < -0.3 is 0 Å². The Bertz CT molecular complexity index is 879. The fourth-order valence-electron chi connectivity index (χ4n) is 3.84. The zero-order chi connectivity index (χ0) is 20.2. The molecule has 1 saturated heterocycles. The Kier molecular flexibility index (Phi) is 6.71. The SMILES string of the molecule is c1ccc(P2CP(c3ccccc3)P(c3ccccc3)CP2c2ccccc2)cc1. The molecule has 0 aliphatic carbocycles. The van der Waals surface area contributed by atoms with Crippen molar-refractivity contribution in [2.75, 3.05) is 11.8 Å². The van der Waals surface area contributed by atoms with Crippen LogP contribution in [0.3, 0.4) is 0 Å². The van der Waals surface area contributed by atoms with Crippen LogP contribution in [0.5, 0.6) is 0 Å². The molecule has 4 aromatic carbocycles. The van der Waals surface area contributed by atoms with E-state index in [1.54, 1.807) is 21.2 Å². The number of hydrogen-bond acceptors (Lipinski definition) is 0. The first-order valence-corrected chi connectivity index (χ1v) is 17.7. The van der Waals surface area contributed by atoms with Crippen LogP contribution in [0.25, 0.3) is 0 Å². The van der Waals surface area contributed by atoms with Gasteiger partial charge >= 0.3 is 0 Å². The lowest BCUT2D eigenvalue weighted by atomic mass is 10.4. The topological polar surface area (TPSA) is 0 Å². The van der Waals surface area contributed by atoms with Crippen LogP contribution >= 0.6 is 30.4 Å². The molecule has 1 aliphatic heterocycles. The van der Waals surface area contributed by atoms with Gasteiger partial charge in [-0.3, -0.25) is 0 Å². The summed E-state index contributed by atoms with van der Waals surface area (Å²) in [7, 11) is -0.707.